The summed E-state index contributed by atoms with van der Waals surface area (Å²) >= 11 is 6.68. The molecule has 0 atom stereocenters. The number of amides is 1. The molecule has 3 nitrogen and oxygen atoms in total. The lowest BCUT2D eigenvalue weighted by Gasteiger charge is -2.10. The summed E-state index contributed by atoms with van der Waals surface area (Å²) in [5.74, 6) is -0.360. The highest BCUT2D eigenvalue weighted by molar-refractivity contribution is 9.11. The van der Waals surface area contributed by atoms with E-state index in [0.717, 1.165) is 4.47 Å². The number of carbonyl (C=O) groups excluding carboxylic acids is 2. The summed E-state index contributed by atoms with van der Waals surface area (Å²) in [6, 6.07) is 12.3. The third-order valence-corrected chi connectivity index (χ3v) is 3.91. The van der Waals surface area contributed by atoms with Gasteiger partial charge in [-0.2, -0.15) is 0 Å². The van der Waals surface area contributed by atoms with E-state index in [1.807, 2.05) is 6.07 Å². The Labute approximate surface area is 133 Å². The Bertz CT molecular complexity index is 683. The van der Waals surface area contributed by atoms with Gasteiger partial charge in [-0.05, 0) is 53.2 Å². The van der Waals surface area contributed by atoms with Gasteiger partial charge in [0.15, 0.2) is 5.78 Å². The normalized spacial score (nSPS) is 10.2. The van der Waals surface area contributed by atoms with Crippen LogP contribution in [0.25, 0.3) is 0 Å². The molecule has 2 aromatic rings. The molecule has 0 radical (unpaired) electrons. The highest BCUT2D eigenvalue weighted by atomic mass is 79.9. The number of para-hydroxylation sites is 1. The van der Waals surface area contributed by atoms with Crippen LogP contribution in [0.1, 0.15) is 27.6 Å². The lowest BCUT2D eigenvalue weighted by atomic mass is 10.1. The number of halogens is 2. The molecule has 20 heavy (non-hydrogen) atoms. The number of ketones is 1. The molecule has 0 saturated carbocycles. The van der Waals surface area contributed by atoms with Crippen LogP contribution in [0.5, 0.6) is 0 Å². The lowest BCUT2D eigenvalue weighted by molar-refractivity contribution is 0.101. The van der Waals surface area contributed by atoms with Crippen LogP contribution in [0, 0.1) is 0 Å². The fourth-order valence-electron chi connectivity index (χ4n) is 1.76. The molecule has 0 aromatic heterocycles. The van der Waals surface area contributed by atoms with E-state index in [-0.39, 0.29) is 11.7 Å². The van der Waals surface area contributed by atoms with Crippen LogP contribution in [-0.4, -0.2) is 11.7 Å². The van der Waals surface area contributed by atoms with Crippen molar-refractivity contribution in [2.45, 2.75) is 6.92 Å². The number of benzene rings is 2. The number of Topliss-reactive ketones (excluding diaryl/α,β-unsaturated/α-hetero) is 1. The van der Waals surface area contributed by atoms with E-state index < -0.39 is 0 Å². The number of carbonyl (C=O) groups is 2. The molecule has 1 amide bonds. The molecule has 0 aliphatic heterocycles. The van der Waals surface area contributed by atoms with E-state index in [0.29, 0.717) is 21.3 Å². The Morgan fingerprint density at radius 2 is 1.70 bits per heavy atom. The van der Waals surface area contributed by atoms with Crippen LogP contribution in [0.3, 0.4) is 0 Å². The second-order valence-corrected chi connectivity index (χ2v) is 5.95. The molecule has 2 aromatic carbocycles. The fraction of sp³-hybridized carbons (Fsp3) is 0.0667. The molecule has 0 heterocycles. The maximum atomic E-state index is 12.3. The van der Waals surface area contributed by atoms with Gasteiger partial charge in [0.25, 0.3) is 5.91 Å². The fourth-order valence-corrected chi connectivity index (χ4v) is 2.55. The number of nitrogens with one attached hydrogen (secondary N) is 1. The van der Waals surface area contributed by atoms with Crippen molar-refractivity contribution in [3.63, 3.8) is 0 Å². The van der Waals surface area contributed by atoms with Crippen molar-refractivity contribution in [1.29, 1.82) is 0 Å². The largest absolute Gasteiger partial charge is 0.321 e. The summed E-state index contributed by atoms with van der Waals surface area (Å²) in [4.78, 5) is 23.8. The summed E-state index contributed by atoms with van der Waals surface area (Å²) in [7, 11) is 0. The maximum absolute atomic E-state index is 12.3. The summed E-state index contributed by atoms with van der Waals surface area (Å²) < 4.78 is 1.50. The third-order valence-electron chi connectivity index (χ3n) is 2.73. The zero-order valence-electron chi connectivity index (χ0n) is 10.6. The Balaban J connectivity index is 2.33. The molecule has 0 aliphatic rings. The van der Waals surface area contributed by atoms with Gasteiger partial charge in [-0.3, -0.25) is 9.59 Å². The number of hydrogen-bond donors (Lipinski definition) is 1. The minimum atomic E-state index is -0.271. The monoisotopic (exact) mass is 395 g/mol. The number of rotatable bonds is 3. The molecule has 0 bridgehead atoms. The minimum absolute atomic E-state index is 0.0887. The van der Waals surface area contributed by atoms with E-state index in [4.69, 9.17) is 0 Å². The van der Waals surface area contributed by atoms with E-state index in [9.17, 15) is 9.59 Å². The average molecular weight is 397 g/mol. The first-order valence-corrected chi connectivity index (χ1v) is 7.44. The highest BCUT2D eigenvalue weighted by Gasteiger charge is 2.14. The zero-order valence-corrected chi connectivity index (χ0v) is 13.8. The summed E-state index contributed by atoms with van der Waals surface area (Å²) in [5, 5.41) is 2.77. The van der Waals surface area contributed by atoms with Crippen molar-refractivity contribution in [3.8, 4) is 0 Å². The maximum Gasteiger partial charge on any atom is 0.256 e. The molecule has 0 aliphatic carbocycles. The van der Waals surface area contributed by atoms with Gasteiger partial charge < -0.3 is 5.32 Å². The lowest BCUT2D eigenvalue weighted by Crippen LogP contribution is -2.14. The molecule has 0 saturated heterocycles. The summed E-state index contributed by atoms with van der Waals surface area (Å²) in [6.07, 6.45) is 0. The van der Waals surface area contributed by atoms with Gasteiger partial charge in [0.1, 0.15) is 0 Å². The first kappa shape index (κ1) is 14.9. The molecular weight excluding hydrogens is 386 g/mol. The predicted octanol–water partition coefficient (Wildman–Crippen LogP) is 4.67. The second-order valence-electron chi connectivity index (χ2n) is 4.18. The third kappa shape index (κ3) is 3.35. The van der Waals surface area contributed by atoms with Gasteiger partial charge in [0, 0.05) is 14.5 Å². The van der Waals surface area contributed by atoms with Gasteiger partial charge in [0.2, 0.25) is 0 Å². The SMILES string of the molecule is CC(=O)c1ccccc1NC(=O)c1cc(Br)ccc1Br. The van der Waals surface area contributed by atoms with Crippen LogP contribution >= 0.6 is 31.9 Å². The molecular formula is C15H11Br2NO2. The van der Waals surface area contributed by atoms with Gasteiger partial charge in [-0.1, -0.05) is 28.1 Å². The van der Waals surface area contributed by atoms with Gasteiger partial charge in [0.05, 0.1) is 11.3 Å². The second kappa shape index (κ2) is 6.33. The zero-order chi connectivity index (χ0) is 14.7. The molecule has 1 N–H and O–H groups in total. The van der Waals surface area contributed by atoms with Crippen molar-refractivity contribution in [2.24, 2.45) is 0 Å². The minimum Gasteiger partial charge on any atom is -0.321 e. The summed E-state index contributed by atoms with van der Waals surface area (Å²) in [5.41, 5.74) is 1.50. The number of hydrogen-bond acceptors (Lipinski definition) is 2. The van der Waals surface area contributed by atoms with E-state index >= 15 is 0 Å². The van der Waals surface area contributed by atoms with E-state index in [2.05, 4.69) is 37.2 Å². The molecule has 102 valence electrons. The van der Waals surface area contributed by atoms with Crippen LogP contribution in [-0.2, 0) is 0 Å². The molecule has 0 unspecified atom stereocenters. The first-order chi connectivity index (χ1) is 9.49. The van der Waals surface area contributed by atoms with Gasteiger partial charge in [-0.15, -0.1) is 0 Å². The predicted molar refractivity (Wildman–Crippen MR) is 86.2 cm³/mol. The van der Waals surface area contributed by atoms with Crippen molar-refractivity contribution >= 4 is 49.2 Å². The van der Waals surface area contributed by atoms with Gasteiger partial charge in [-0.25, -0.2) is 0 Å². The van der Waals surface area contributed by atoms with Crippen molar-refractivity contribution in [1.82, 2.24) is 0 Å². The Kier molecular flexibility index (Phi) is 4.73. The smallest absolute Gasteiger partial charge is 0.256 e. The number of anilines is 1. The molecule has 0 fully saturated rings. The van der Waals surface area contributed by atoms with Crippen LogP contribution in [0.4, 0.5) is 5.69 Å². The Morgan fingerprint density at radius 3 is 2.40 bits per heavy atom. The van der Waals surface area contributed by atoms with E-state index in [1.165, 1.54) is 6.92 Å². The van der Waals surface area contributed by atoms with E-state index in [1.54, 1.807) is 36.4 Å². The molecule has 5 heteroatoms. The van der Waals surface area contributed by atoms with Crippen LogP contribution in [0.15, 0.2) is 51.4 Å². The average Bonchev–Trinajstić information content (AvgIpc) is 2.41. The van der Waals surface area contributed by atoms with Crippen LogP contribution in [0.2, 0.25) is 0 Å². The Morgan fingerprint density at radius 1 is 1.00 bits per heavy atom. The quantitative estimate of drug-likeness (QED) is 0.766. The Hall–Kier alpha value is -1.46. The van der Waals surface area contributed by atoms with Crippen molar-refractivity contribution in [3.05, 3.63) is 62.5 Å². The van der Waals surface area contributed by atoms with Crippen molar-refractivity contribution in [2.75, 3.05) is 5.32 Å². The van der Waals surface area contributed by atoms with Gasteiger partial charge >= 0.3 is 0 Å². The molecule has 2 rings (SSSR count). The standard InChI is InChI=1S/C15H11Br2NO2/c1-9(19)11-4-2-3-5-14(11)18-15(20)12-8-10(16)6-7-13(12)17/h2-8H,1H3,(H,18,20). The summed E-state index contributed by atoms with van der Waals surface area (Å²) in [6.45, 7) is 1.47. The van der Waals surface area contributed by atoms with Crippen molar-refractivity contribution < 1.29 is 9.59 Å². The highest BCUT2D eigenvalue weighted by Crippen LogP contribution is 2.23. The first-order valence-electron chi connectivity index (χ1n) is 5.85. The molecule has 0 spiro atoms. The van der Waals surface area contributed by atoms with Crippen LogP contribution < -0.4 is 5.32 Å². The topological polar surface area (TPSA) is 46.2 Å².